The molecule has 1 aliphatic carbocycles. The van der Waals surface area contributed by atoms with Crippen LogP contribution in [0.3, 0.4) is 0 Å². The van der Waals surface area contributed by atoms with Crippen molar-refractivity contribution in [3.05, 3.63) is 48.7 Å². The number of rotatable bonds is 5. The summed E-state index contributed by atoms with van der Waals surface area (Å²) in [4.78, 5) is 23.7. The zero-order valence-corrected chi connectivity index (χ0v) is 14.3. The topological polar surface area (TPSA) is 79.7 Å². The third-order valence-electron chi connectivity index (χ3n) is 4.42. The Morgan fingerprint density at radius 3 is 2.73 bits per heavy atom. The van der Waals surface area contributed by atoms with Gasteiger partial charge in [0.05, 0.1) is 18.1 Å². The van der Waals surface area contributed by atoms with E-state index in [0.29, 0.717) is 35.1 Å². The van der Waals surface area contributed by atoms with E-state index in [0.717, 1.165) is 19.0 Å². The lowest BCUT2D eigenvalue weighted by molar-refractivity contribution is 0.397. The van der Waals surface area contributed by atoms with Gasteiger partial charge in [0.25, 0.3) is 0 Å². The fourth-order valence-electron chi connectivity index (χ4n) is 2.73. The predicted molar refractivity (Wildman–Crippen MR) is 96.6 cm³/mol. The van der Waals surface area contributed by atoms with Gasteiger partial charge in [-0.3, -0.25) is 9.97 Å². The van der Waals surface area contributed by atoms with Crippen LogP contribution < -0.4 is 10.2 Å². The lowest BCUT2D eigenvalue weighted by Crippen LogP contribution is -2.38. The van der Waals surface area contributed by atoms with Crippen LogP contribution >= 0.6 is 0 Å². The molecule has 0 amide bonds. The van der Waals surface area contributed by atoms with Gasteiger partial charge in [0.15, 0.2) is 5.82 Å². The number of halogens is 1. The monoisotopic (exact) mass is 351 g/mol. The van der Waals surface area contributed by atoms with Gasteiger partial charge in [-0.15, -0.1) is 0 Å². The number of pyridine rings is 2. The van der Waals surface area contributed by atoms with Crippen molar-refractivity contribution in [1.29, 1.82) is 0 Å². The second-order valence-electron chi connectivity index (χ2n) is 6.21. The second-order valence-corrected chi connectivity index (χ2v) is 6.21. The third kappa shape index (κ3) is 3.44. The summed E-state index contributed by atoms with van der Waals surface area (Å²) >= 11 is 0. The fraction of sp³-hybridized carbons (Fsp3) is 0.278. The lowest BCUT2D eigenvalue weighted by Gasteiger charge is -2.34. The highest BCUT2D eigenvalue weighted by Gasteiger charge is 2.25. The zero-order chi connectivity index (χ0) is 17.9. The van der Waals surface area contributed by atoms with Gasteiger partial charge in [-0.1, -0.05) is 6.07 Å². The normalized spacial score (nSPS) is 13.9. The van der Waals surface area contributed by atoms with Crippen LogP contribution in [-0.4, -0.2) is 38.0 Å². The van der Waals surface area contributed by atoms with Crippen LogP contribution in [0.4, 0.5) is 22.0 Å². The van der Waals surface area contributed by atoms with Gasteiger partial charge >= 0.3 is 0 Å². The molecule has 0 unspecified atom stereocenters. The van der Waals surface area contributed by atoms with Gasteiger partial charge in [0.1, 0.15) is 11.5 Å². The molecule has 132 valence electrons. The number of hydrogen-bond donors (Lipinski definition) is 1. The van der Waals surface area contributed by atoms with E-state index in [4.69, 9.17) is 0 Å². The molecule has 3 heterocycles. The molecule has 0 saturated heterocycles. The van der Waals surface area contributed by atoms with Crippen LogP contribution in [0.25, 0.3) is 11.5 Å². The minimum Gasteiger partial charge on any atom is -0.341 e. The average Bonchev–Trinajstić information content (AvgIpc) is 2.61. The number of nitrogens with one attached hydrogen (secondary N) is 1. The number of hydrogen-bond acceptors (Lipinski definition) is 7. The van der Waals surface area contributed by atoms with E-state index < -0.39 is 5.82 Å². The van der Waals surface area contributed by atoms with Crippen molar-refractivity contribution in [3.8, 4) is 11.5 Å². The highest BCUT2D eigenvalue weighted by molar-refractivity contribution is 5.58. The van der Waals surface area contributed by atoms with Crippen molar-refractivity contribution in [2.24, 2.45) is 0 Å². The van der Waals surface area contributed by atoms with Gasteiger partial charge in [-0.2, -0.15) is 15.0 Å². The summed E-state index contributed by atoms with van der Waals surface area (Å²) in [7, 11) is 1.98. The summed E-state index contributed by atoms with van der Waals surface area (Å²) in [6, 6.07) is 7.33. The van der Waals surface area contributed by atoms with Crippen LogP contribution in [0, 0.1) is 5.82 Å². The van der Waals surface area contributed by atoms with Crippen LogP contribution in [0.2, 0.25) is 0 Å². The van der Waals surface area contributed by atoms with Gasteiger partial charge in [-0.25, -0.2) is 4.39 Å². The first kappa shape index (κ1) is 16.3. The maximum atomic E-state index is 13.4. The fourth-order valence-corrected chi connectivity index (χ4v) is 2.73. The lowest BCUT2D eigenvalue weighted by atomic mass is 9.92. The maximum absolute atomic E-state index is 13.4. The summed E-state index contributed by atoms with van der Waals surface area (Å²) < 4.78 is 13.4. The van der Waals surface area contributed by atoms with E-state index in [1.165, 1.54) is 18.7 Å². The molecule has 1 fully saturated rings. The van der Waals surface area contributed by atoms with E-state index in [1.807, 2.05) is 25.2 Å². The summed E-state index contributed by atoms with van der Waals surface area (Å²) in [5, 5.41) is 3.01. The zero-order valence-electron chi connectivity index (χ0n) is 14.3. The molecule has 3 aromatic rings. The molecule has 0 radical (unpaired) electrons. The van der Waals surface area contributed by atoms with Crippen molar-refractivity contribution in [2.75, 3.05) is 17.3 Å². The van der Waals surface area contributed by atoms with Crippen molar-refractivity contribution in [3.63, 3.8) is 0 Å². The number of anilines is 3. The van der Waals surface area contributed by atoms with Crippen molar-refractivity contribution in [2.45, 2.75) is 25.3 Å². The highest BCUT2D eigenvalue weighted by Crippen LogP contribution is 2.28. The van der Waals surface area contributed by atoms with Gasteiger partial charge in [0.2, 0.25) is 11.9 Å². The summed E-state index contributed by atoms with van der Waals surface area (Å²) in [5.41, 5.74) is 1.12. The molecule has 0 spiro atoms. The Labute approximate surface area is 150 Å². The van der Waals surface area contributed by atoms with E-state index in [9.17, 15) is 4.39 Å². The average molecular weight is 351 g/mol. The van der Waals surface area contributed by atoms with E-state index in [-0.39, 0.29) is 0 Å². The summed E-state index contributed by atoms with van der Waals surface area (Å²) in [5.74, 6) is 0.931. The standard InChI is InChI=1S/C18H18FN7/c1-26(14-5-4-6-14)18-24-16(15-7-2-3-8-21-15)23-17(25-18)22-13-9-12(19)10-20-11-13/h2-3,7-11,14H,4-6H2,1H3,(H,22,23,24,25). The first-order valence-corrected chi connectivity index (χ1v) is 8.47. The Kier molecular flexibility index (Phi) is 4.39. The van der Waals surface area contributed by atoms with Crippen LogP contribution in [0.5, 0.6) is 0 Å². The predicted octanol–water partition coefficient (Wildman–Crippen LogP) is 3.20. The second kappa shape index (κ2) is 6.99. The molecule has 3 aromatic heterocycles. The first-order chi connectivity index (χ1) is 12.7. The highest BCUT2D eigenvalue weighted by atomic mass is 19.1. The van der Waals surface area contributed by atoms with Crippen LogP contribution in [0.1, 0.15) is 19.3 Å². The molecular weight excluding hydrogens is 333 g/mol. The Bertz CT molecular complexity index is 899. The molecule has 0 atom stereocenters. The first-order valence-electron chi connectivity index (χ1n) is 8.47. The Morgan fingerprint density at radius 1 is 1.15 bits per heavy atom. The summed E-state index contributed by atoms with van der Waals surface area (Å²) in [6.07, 6.45) is 7.82. The van der Waals surface area contributed by atoms with Crippen molar-refractivity contribution >= 4 is 17.6 Å². The quantitative estimate of drug-likeness (QED) is 0.756. The molecule has 1 saturated carbocycles. The Hall–Kier alpha value is -3.16. The summed E-state index contributed by atoms with van der Waals surface area (Å²) in [6.45, 7) is 0. The SMILES string of the molecule is CN(c1nc(Nc2cncc(F)c2)nc(-c2ccccn2)n1)C1CCC1. The van der Waals surface area contributed by atoms with Gasteiger partial charge < -0.3 is 10.2 Å². The Balaban J connectivity index is 1.72. The minimum absolute atomic E-state index is 0.328. The molecule has 8 heteroatoms. The molecule has 0 bridgehead atoms. The maximum Gasteiger partial charge on any atom is 0.232 e. The molecule has 7 nitrogen and oxygen atoms in total. The van der Waals surface area contributed by atoms with E-state index in [2.05, 4.69) is 35.1 Å². The molecule has 1 N–H and O–H groups in total. The molecule has 0 aliphatic heterocycles. The smallest absolute Gasteiger partial charge is 0.232 e. The van der Waals surface area contributed by atoms with E-state index >= 15 is 0 Å². The molecule has 1 aliphatic rings. The minimum atomic E-state index is -0.430. The van der Waals surface area contributed by atoms with Crippen LogP contribution in [0.15, 0.2) is 42.9 Å². The number of nitrogens with zero attached hydrogens (tertiary/aromatic N) is 6. The van der Waals surface area contributed by atoms with Crippen LogP contribution in [-0.2, 0) is 0 Å². The van der Waals surface area contributed by atoms with Crippen molar-refractivity contribution < 1.29 is 4.39 Å². The van der Waals surface area contributed by atoms with Gasteiger partial charge in [-0.05, 0) is 31.4 Å². The molecular formula is C18H18FN7. The number of aromatic nitrogens is 5. The van der Waals surface area contributed by atoms with Gasteiger partial charge in [0, 0.05) is 25.4 Å². The molecule has 4 rings (SSSR count). The largest absolute Gasteiger partial charge is 0.341 e. The third-order valence-corrected chi connectivity index (χ3v) is 4.42. The Morgan fingerprint density at radius 2 is 2.04 bits per heavy atom. The molecule has 26 heavy (non-hydrogen) atoms. The van der Waals surface area contributed by atoms with Crippen molar-refractivity contribution in [1.82, 2.24) is 24.9 Å². The van der Waals surface area contributed by atoms with E-state index in [1.54, 1.807) is 6.20 Å². The molecule has 0 aromatic carbocycles.